The zero-order chi connectivity index (χ0) is 16.7. The van der Waals surface area contributed by atoms with Crippen LogP contribution in [0.2, 0.25) is 5.02 Å². The molecule has 0 N–H and O–H groups in total. The van der Waals surface area contributed by atoms with Crippen LogP contribution in [0.1, 0.15) is 0 Å². The van der Waals surface area contributed by atoms with Crippen molar-refractivity contribution in [2.45, 2.75) is 0 Å². The van der Waals surface area contributed by atoms with Crippen LogP contribution in [0.4, 0.5) is 11.4 Å². The molecule has 0 bridgehead atoms. The van der Waals surface area contributed by atoms with Gasteiger partial charge < -0.3 is 14.7 Å². The fraction of sp³-hybridized carbons (Fsp3) is 0.316. The smallest absolute Gasteiger partial charge is 0.118 e. The Morgan fingerprint density at radius 1 is 0.958 bits per heavy atom. The van der Waals surface area contributed by atoms with Crippen LogP contribution in [-0.2, 0) is 0 Å². The minimum absolute atomic E-state index is 0.736. The van der Waals surface area contributed by atoms with Crippen LogP contribution in [0.25, 0.3) is 5.82 Å². The first kappa shape index (κ1) is 15.5. The summed E-state index contributed by atoms with van der Waals surface area (Å²) in [5, 5.41) is 2.93. The van der Waals surface area contributed by atoms with Gasteiger partial charge in [0.25, 0.3) is 0 Å². The highest BCUT2D eigenvalue weighted by Gasteiger charge is 2.23. The van der Waals surface area contributed by atoms with Crippen LogP contribution in [0.5, 0.6) is 0 Å². The van der Waals surface area contributed by atoms with Crippen molar-refractivity contribution < 1.29 is 0 Å². The van der Waals surface area contributed by atoms with Gasteiger partial charge in [0, 0.05) is 43.5 Å². The van der Waals surface area contributed by atoms with E-state index in [2.05, 4.69) is 47.0 Å². The number of anilines is 1. The molecule has 2 aliphatic rings. The van der Waals surface area contributed by atoms with E-state index >= 15 is 0 Å². The predicted molar refractivity (Wildman–Crippen MR) is 99.2 cm³/mol. The van der Waals surface area contributed by atoms with Gasteiger partial charge in [-0.1, -0.05) is 23.7 Å². The number of benzene rings is 2. The first-order valence-electron chi connectivity index (χ1n) is 8.28. The molecule has 0 spiro atoms. The minimum Gasteiger partial charge on any atom is -0.355 e. The number of rotatable bonds is 1. The molecule has 2 aliphatic heterocycles. The summed E-state index contributed by atoms with van der Waals surface area (Å²) < 4.78 is 0. The van der Waals surface area contributed by atoms with Gasteiger partial charge in [-0.2, -0.15) is 0 Å². The molecule has 24 heavy (non-hydrogen) atoms. The first-order valence-corrected chi connectivity index (χ1v) is 8.66. The maximum atomic E-state index is 6.26. The second-order valence-corrected chi connectivity index (χ2v) is 6.87. The van der Waals surface area contributed by atoms with Crippen molar-refractivity contribution in [1.29, 1.82) is 0 Å². The van der Waals surface area contributed by atoms with Crippen molar-refractivity contribution in [1.82, 2.24) is 9.80 Å². The first-order chi connectivity index (χ1) is 11.6. The summed E-state index contributed by atoms with van der Waals surface area (Å²) in [6.07, 6.45) is 0. The third-order valence-electron chi connectivity index (χ3n) is 4.81. The molecule has 4 rings (SSSR count). The molecule has 2 aromatic rings. The lowest BCUT2D eigenvalue weighted by molar-refractivity contribution is 0.203. The standard InChI is InChI=1S/C19H21ClN4/c1-22-9-11-24(12-10-22)19-15-5-3-4-6-16(15)21-17-8-7-14(20)13-18(17)23(19)2/h3-8,13H,9-12H2,1-2H3. The highest BCUT2D eigenvalue weighted by Crippen LogP contribution is 2.34. The van der Waals surface area contributed by atoms with E-state index in [1.165, 1.54) is 11.0 Å². The molecule has 2 aromatic carbocycles. The monoisotopic (exact) mass is 340 g/mol. The molecule has 5 heteroatoms. The Balaban J connectivity index is 1.94. The van der Waals surface area contributed by atoms with Crippen molar-refractivity contribution in [3.63, 3.8) is 0 Å². The Bertz CT molecular complexity index is 884. The van der Waals surface area contributed by atoms with Crippen molar-refractivity contribution in [3.05, 3.63) is 58.1 Å². The number of fused-ring (bicyclic) bond motifs is 2. The summed E-state index contributed by atoms with van der Waals surface area (Å²) in [4.78, 5) is 12.0. The van der Waals surface area contributed by atoms with Gasteiger partial charge in [-0.15, -0.1) is 0 Å². The van der Waals surface area contributed by atoms with Gasteiger partial charge in [0.15, 0.2) is 0 Å². The Kier molecular flexibility index (Phi) is 3.94. The highest BCUT2D eigenvalue weighted by atomic mass is 35.5. The van der Waals surface area contributed by atoms with Crippen molar-refractivity contribution >= 4 is 28.8 Å². The molecule has 2 heterocycles. The summed E-state index contributed by atoms with van der Waals surface area (Å²) in [6.45, 7) is 4.17. The largest absolute Gasteiger partial charge is 0.355 e. The number of para-hydroxylation sites is 1. The van der Waals surface area contributed by atoms with Crippen LogP contribution in [0, 0.1) is 0 Å². The minimum atomic E-state index is 0.736. The number of halogens is 1. The number of hydrogen-bond acceptors (Lipinski definition) is 4. The van der Waals surface area contributed by atoms with Crippen LogP contribution >= 0.6 is 11.6 Å². The van der Waals surface area contributed by atoms with Crippen LogP contribution in [0.3, 0.4) is 0 Å². The second-order valence-electron chi connectivity index (χ2n) is 6.43. The number of nitrogens with zero attached hydrogens (tertiary/aromatic N) is 4. The van der Waals surface area contributed by atoms with Crippen molar-refractivity contribution in [2.24, 2.45) is 4.99 Å². The quantitative estimate of drug-likeness (QED) is 0.793. The average molecular weight is 341 g/mol. The van der Waals surface area contributed by atoms with E-state index in [0.717, 1.165) is 47.9 Å². The topological polar surface area (TPSA) is 22.1 Å². The van der Waals surface area contributed by atoms with E-state index in [0.29, 0.717) is 0 Å². The van der Waals surface area contributed by atoms with Crippen molar-refractivity contribution in [2.75, 3.05) is 45.2 Å². The van der Waals surface area contributed by atoms with E-state index in [4.69, 9.17) is 16.6 Å². The molecule has 0 amide bonds. The molecular weight excluding hydrogens is 320 g/mol. The molecule has 0 aromatic heterocycles. The van der Waals surface area contributed by atoms with E-state index in [1.807, 2.05) is 24.3 Å². The maximum Gasteiger partial charge on any atom is 0.118 e. The Labute approximate surface area is 147 Å². The molecule has 4 nitrogen and oxygen atoms in total. The lowest BCUT2D eigenvalue weighted by atomic mass is 10.2. The molecule has 1 saturated heterocycles. The zero-order valence-corrected chi connectivity index (χ0v) is 14.8. The number of piperazine rings is 1. The van der Waals surface area contributed by atoms with E-state index in [-0.39, 0.29) is 0 Å². The molecular formula is C19H21ClN4. The normalized spacial score (nSPS) is 17.9. The van der Waals surface area contributed by atoms with E-state index in [9.17, 15) is 0 Å². The third kappa shape index (κ3) is 2.66. The van der Waals surface area contributed by atoms with Crippen LogP contribution in [0.15, 0.2) is 47.5 Å². The molecule has 124 valence electrons. The Hall–Kier alpha value is -2.04. The number of likely N-dealkylation sites (N-methyl/N-ethyl adjacent to an activating group) is 1. The van der Waals surface area contributed by atoms with Gasteiger partial charge in [0.05, 0.1) is 16.7 Å². The van der Waals surface area contributed by atoms with Crippen molar-refractivity contribution in [3.8, 4) is 0 Å². The van der Waals surface area contributed by atoms with Gasteiger partial charge in [-0.3, -0.25) is 0 Å². The summed E-state index contributed by atoms with van der Waals surface area (Å²) in [7, 11) is 4.29. The van der Waals surface area contributed by atoms with Gasteiger partial charge in [-0.05, 0) is 37.4 Å². The third-order valence-corrected chi connectivity index (χ3v) is 5.04. The SMILES string of the molecule is CN1CCN(C2=c3ccccc3=Nc3ccc(Cl)cc3N2C)CC1. The van der Waals surface area contributed by atoms with Crippen LogP contribution in [-0.4, -0.2) is 50.1 Å². The molecule has 0 saturated carbocycles. The molecule has 0 atom stereocenters. The lowest BCUT2D eigenvalue weighted by Gasteiger charge is -2.39. The molecule has 0 radical (unpaired) electrons. The number of hydrogen-bond donors (Lipinski definition) is 0. The van der Waals surface area contributed by atoms with E-state index < -0.39 is 0 Å². The summed E-state index contributed by atoms with van der Waals surface area (Å²) >= 11 is 6.26. The predicted octanol–water partition coefficient (Wildman–Crippen LogP) is 2.05. The summed E-state index contributed by atoms with van der Waals surface area (Å²) in [5.41, 5.74) is 2.01. The van der Waals surface area contributed by atoms with Gasteiger partial charge in [0.2, 0.25) is 0 Å². The van der Waals surface area contributed by atoms with E-state index in [1.54, 1.807) is 0 Å². The summed E-state index contributed by atoms with van der Waals surface area (Å²) in [6, 6.07) is 14.3. The van der Waals surface area contributed by atoms with Gasteiger partial charge in [-0.25, -0.2) is 4.99 Å². The molecule has 0 aliphatic carbocycles. The average Bonchev–Trinajstić information content (AvgIpc) is 2.70. The Morgan fingerprint density at radius 3 is 2.50 bits per heavy atom. The second kappa shape index (κ2) is 6.11. The summed E-state index contributed by atoms with van der Waals surface area (Å²) in [5.74, 6) is 1.21. The maximum absolute atomic E-state index is 6.26. The van der Waals surface area contributed by atoms with Gasteiger partial charge in [0.1, 0.15) is 5.82 Å². The van der Waals surface area contributed by atoms with Gasteiger partial charge >= 0.3 is 0 Å². The highest BCUT2D eigenvalue weighted by molar-refractivity contribution is 6.31. The van der Waals surface area contributed by atoms with Crippen LogP contribution < -0.4 is 15.5 Å². The molecule has 1 fully saturated rings. The zero-order valence-electron chi connectivity index (χ0n) is 14.0. The lowest BCUT2D eigenvalue weighted by Crippen LogP contribution is -2.49. The Morgan fingerprint density at radius 2 is 1.71 bits per heavy atom. The fourth-order valence-corrected chi connectivity index (χ4v) is 3.61. The fourth-order valence-electron chi connectivity index (χ4n) is 3.45. The molecule has 0 unspecified atom stereocenters.